The molecule has 3 aromatic rings. The lowest BCUT2D eigenvalue weighted by Gasteiger charge is -2.14. The standard InChI is InChI=1S/C21H19F2NO2.ClH/c22-18-8-6-16(12-19(18)23)17-7-9-20(25-11-10-24)21(13-17)26-14-15-4-2-1-3-5-15;/h1-9,12-13H,10-11,14,24H2;1H. The number of rotatable bonds is 7. The van der Waals surface area contributed by atoms with Crippen molar-refractivity contribution in [2.75, 3.05) is 13.2 Å². The van der Waals surface area contributed by atoms with E-state index in [1.165, 1.54) is 6.07 Å². The molecule has 0 atom stereocenters. The van der Waals surface area contributed by atoms with E-state index in [1.807, 2.05) is 30.3 Å². The molecule has 0 amide bonds. The largest absolute Gasteiger partial charge is 0.488 e. The Labute approximate surface area is 163 Å². The van der Waals surface area contributed by atoms with E-state index in [2.05, 4.69) is 0 Å². The summed E-state index contributed by atoms with van der Waals surface area (Å²) in [5.41, 5.74) is 7.77. The van der Waals surface area contributed by atoms with Gasteiger partial charge in [-0.15, -0.1) is 12.4 Å². The number of ether oxygens (including phenoxy) is 2. The lowest BCUT2D eigenvalue weighted by atomic mass is 10.0. The monoisotopic (exact) mass is 391 g/mol. The van der Waals surface area contributed by atoms with Gasteiger partial charge in [0.25, 0.3) is 0 Å². The van der Waals surface area contributed by atoms with Crippen molar-refractivity contribution < 1.29 is 18.3 Å². The van der Waals surface area contributed by atoms with Crippen molar-refractivity contribution in [2.45, 2.75) is 6.61 Å². The molecule has 0 aliphatic heterocycles. The Bertz CT molecular complexity index is 875. The van der Waals surface area contributed by atoms with Gasteiger partial charge in [-0.2, -0.15) is 0 Å². The summed E-state index contributed by atoms with van der Waals surface area (Å²) in [5.74, 6) is -0.697. The lowest BCUT2D eigenvalue weighted by molar-refractivity contribution is 0.266. The van der Waals surface area contributed by atoms with Crippen LogP contribution in [0.5, 0.6) is 11.5 Å². The Morgan fingerprint density at radius 3 is 2.15 bits per heavy atom. The van der Waals surface area contributed by atoms with Gasteiger partial charge in [-0.1, -0.05) is 42.5 Å². The van der Waals surface area contributed by atoms with Crippen molar-refractivity contribution in [3.63, 3.8) is 0 Å². The predicted molar refractivity (Wildman–Crippen MR) is 104 cm³/mol. The average Bonchev–Trinajstić information content (AvgIpc) is 2.68. The van der Waals surface area contributed by atoms with Crippen molar-refractivity contribution in [2.24, 2.45) is 5.73 Å². The van der Waals surface area contributed by atoms with Crippen molar-refractivity contribution in [1.82, 2.24) is 0 Å². The van der Waals surface area contributed by atoms with Crippen LogP contribution in [-0.2, 0) is 6.61 Å². The summed E-state index contributed by atoms with van der Waals surface area (Å²) in [5, 5.41) is 0. The first-order valence-corrected chi connectivity index (χ1v) is 8.26. The Hall–Kier alpha value is -2.63. The molecule has 0 spiro atoms. The molecule has 142 valence electrons. The second-order valence-electron chi connectivity index (χ2n) is 5.70. The SMILES string of the molecule is Cl.NCCOc1ccc(-c2ccc(F)c(F)c2)cc1OCc1ccccc1. The Kier molecular flexibility index (Phi) is 7.58. The van der Waals surface area contributed by atoms with Crippen LogP contribution in [0.4, 0.5) is 8.78 Å². The van der Waals surface area contributed by atoms with Gasteiger partial charge in [0.1, 0.15) is 13.2 Å². The highest BCUT2D eigenvalue weighted by Gasteiger charge is 2.10. The zero-order valence-corrected chi connectivity index (χ0v) is 15.3. The minimum atomic E-state index is -0.891. The summed E-state index contributed by atoms with van der Waals surface area (Å²) in [6.45, 7) is 1.09. The molecule has 2 N–H and O–H groups in total. The molecule has 0 heterocycles. The van der Waals surface area contributed by atoms with Gasteiger partial charge < -0.3 is 15.2 Å². The third-order valence-corrected chi connectivity index (χ3v) is 3.81. The van der Waals surface area contributed by atoms with Crippen LogP contribution in [0.25, 0.3) is 11.1 Å². The molecule has 0 aliphatic rings. The van der Waals surface area contributed by atoms with Crippen LogP contribution in [0.15, 0.2) is 66.7 Å². The number of halogens is 3. The molecule has 0 aliphatic carbocycles. The summed E-state index contributed by atoms with van der Waals surface area (Å²) >= 11 is 0. The number of benzene rings is 3. The van der Waals surface area contributed by atoms with Gasteiger partial charge >= 0.3 is 0 Å². The van der Waals surface area contributed by atoms with Gasteiger partial charge in [-0.25, -0.2) is 8.78 Å². The van der Waals surface area contributed by atoms with Crippen LogP contribution >= 0.6 is 12.4 Å². The van der Waals surface area contributed by atoms with E-state index in [0.717, 1.165) is 17.7 Å². The van der Waals surface area contributed by atoms with E-state index in [0.29, 0.717) is 42.4 Å². The summed E-state index contributed by atoms with van der Waals surface area (Å²) in [6, 6.07) is 18.8. The molecule has 3 nitrogen and oxygen atoms in total. The van der Waals surface area contributed by atoms with E-state index >= 15 is 0 Å². The Balaban J connectivity index is 0.00000261. The van der Waals surface area contributed by atoms with E-state index in [4.69, 9.17) is 15.2 Å². The minimum Gasteiger partial charge on any atom is -0.488 e. The Morgan fingerprint density at radius 2 is 1.44 bits per heavy atom. The second-order valence-corrected chi connectivity index (χ2v) is 5.70. The maximum Gasteiger partial charge on any atom is 0.162 e. The molecule has 6 heteroatoms. The van der Waals surface area contributed by atoms with Crippen LogP contribution < -0.4 is 15.2 Å². The molecule has 0 bridgehead atoms. The molecular weight excluding hydrogens is 372 g/mol. The average molecular weight is 392 g/mol. The maximum atomic E-state index is 13.5. The highest BCUT2D eigenvalue weighted by Crippen LogP contribution is 2.33. The molecule has 0 fully saturated rings. The summed E-state index contributed by atoms with van der Waals surface area (Å²) < 4.78 is 38.2. The normalized spacial score (nSPS) is 10.2. The smallest absolute Gasteiger partial charge is 0.162 e. The predicted octanol–water partition coefficient (Wildman–Crippen LogP) is 4.97. The van der Waals surface area contributed by atoms with Crippen molar-refractivity contribution >= 4 is 12.4 Å². The zero-order valence-electron chi connectivity index (χ0n) is 14.5. The molecule has 3 rings (SSSR count). The highest BCUT2D eigenvalue weighted by molar-refractivity contribution is 5.85. The molecule has 0 radical (unpaired) electrons. The van der Waals surface area contributed by atoms with Gasteiger partial charge in [0.15, 0.2) is 23.1 Å². The third kappa shape index (κ3) is 5.42. The van der Waals surface area contributed by atoms with E-state index in [-0.39, 0.29) is 12.4 Å². The first-order valence-electron chi connectivity index (χ1n) is 8.26. The summed E-state index contributed by atoms with van der Waals surface area (Å²) in [4.78, 5) is 0. The molecule has 0 unspecified atom stereocenters. The fourth-order valence-electron chi connectivity index (χ4n) is 2.50. The van der Waals surface area contributed by atoms with Crippen LogP contribution in [0.1, 0.15) is 5.56 Å². The van der Waals surface area contributed by atoms with Crippen LogP contribution in [0.3, 0.4) is 0 Å². The van der Waals surface area contributed by atoms with Crippen LogP contribution in [0, 0.1) is 11.6 Å². The maximum absolute atomic E-state index is 13.5. The van der Waals surface area contributed by atoms with Crippen LogP contribution in [0.2, 0.25) is 0 Å². The van der Waals surface area contributed by atoms with Gasteiger partial charge in [-0.05, 0) is 41.0 Å². The third-order valence-electron chi connectivity index (χ3n) is 3.81. The van der Waals surface area contributed by atoms with Gasteiger partial charge in [0.2, 0.25) is 0 Å². The molecular formula is C21H20ClF2NO2. The van der Waals surface area contributed by atoms with Gasteiger partial charge in [-0.3, -0.25) is 0 Å². The Morgan fingerprint density at radius 1 is 0.741 bits per heavy atom. The van der Waals surface area contributed by atoms with E-state index in [9.17, 15) is 8.78 Å². The molecule has 3 aromatic carbocycles. The van der Waals surface area contributed by atoms with Crippen LogP contribution in [-0.4, -0.2) is 13.2 Å². The minimum absolute atomic E-state index is 0. The van der Waals surface area contributed by atoms with E-state index < -0.39 is 11.6 Å². The van der Waals surface area contributed by atoms with Crippen molar-refractivity contribution in [3.8, 4) is 22.6 Å². The quantitative estimate of drug-likeness (QED) is 0.618. The number of hydrogen-bond acceptors (Lipinski definition) is 3. The highest BCUT2D eigenvalue weighted by atomic mass is 35.5. The van der Waals surface area contributed by atoms with E-state index in [1.54, 1.807) is 18.2 Å². The molecule has 27 heavy (non-hydrogen) atoms. The molecule has 0 saturated carbocycles. The van der Waals surface area contributed by atoms with Crippen molar-refractivity contribution in [1.29, 1.82) is 0 Å². The first kappa shape index (κ1) is 20.7. The molecule has 0 aromatic heterocycles. The second kappa shape index (κ2) is 9.90. The topological polar surface area (TPSA) is 44.5 Å². The zero-order chi connectivity index (χ0) is 18.4. The lowest BCUT2D eigenvalue weighted by Crippen LogP contribution is -2.11. The summed E-state index contributed by atoms with van der Waals surface area (Å²) in [6.07, 6.45) is 0. The fraction of sp³-hybridized carbons (Fsp3) is 0.143. The van der Waals surface area contributed by atoms with Crippen molar-refractivity contribution in [3.05, 3.63) is 83.9 Å². The van der Waals surface area contributed by atoms with Gasteiger partial charge in [0.05, 0.1) is 0 Å². The first-order chi connectivity index (χ1) is 12.7. The van der Waals surface area contributed by atoms with Gasteiger partial charge in [0, 0.05) is 6.54 Å². The molecule has 0 saturated heterocycles. The number of hydrogen-bond donors (Lipinski definition) is 1. The number of nitrogens with two attached hydrogens (primary N) is 1. The fourth-order valence-corrected chi connectivity index (χ4v) is 2.50. The summed E-state index contributed by atoms with van der Waals surface area (Å²) in [7, 11) is 0.